The molecule has 7 heteroatoms. The van der Waals surface area contributed by atoms with Crippen LogP contribution in [0.1, 0.15) is 5.56 Å². The third kappa shape index (κ3) is 6.22. The van der Waals surface area contributed by atoms with Crippen LogP contribution in [0.4, 0.5) is 0 Å². The van der Waals surface area contributed by atoms with Crippen LogP contribution in [-0.4, -0.2) is 45.1 Å². The molecule has 0 aliphatic rings. The van der Waals surface area contributed by atoms with Crippen LogP contribution in [0.15, 0.2) is 36.3 Å². The van der Waals surface area contributed by atoms with Crippen LogP contribution < -0.4 is 4.74 Å². The number of diazo groups is 1. The molecule has 1 rings (SSSR count). The van der Waals surface area contributed by atoms with Crippen LogP contribution in [0.5, 0.6) is 5.75 Å². The number of ether oxygens (including phenoxy) is 1. The zero-order chi connectivity index (χ0) is 19.3. The molecule has 25 heavy (non-hydrogen) atoms. The van der Waals surface area contributed by atoms with E-state index in [1.807, 2.05) is 24.3 Å². The highest BCUT2D eigenvalue weighted by Crippen LogP contribution is 2.27. The monoisotopic (exact) mass is 378 g/mol. The molecule has 0 aromatic heterocycles. The Kier molecular flexibility index (Phi) is 7.26. The summed E-state index contributed by atoms with van der Waals surface area (Å²) in [4.78, 5) is 5.10. The Hall–Kier alpha value is -1.79. The minimum Gasteiger partial charge on any atom is -0.497 e. The van der Waals surface area contributed by atoms with Gasteiger partial charge in [0.1, 0.15) is 5.75 Å². The number of hydrogen-bond donors (Lipinski definition) is 1. The molecule has 0 heterocycles. The Balaban J connectivity index is 3.11. The van der Waals surface area contributed by atoms with E-state index in [1.54, 1.807) is 7.11 Å². The Bertz CT molecular complexity index is 612. The summed E-state index contributed by atoms with van der Waals surface area (Å²) >= 11 is 0. The van der Waals surface area contributed by atoms with Gasteiger partial charge in [0, 0.05) is 11.8 Å². The molecular weight excluding hydrogens is 346 g/mol. The fourth-order valence-corrected chi connectivity index (χ4v) is 16.6. The number of rotatable bonds is 8. The van der Waals surface area contributed by atoms with E-state index in [-0.39, 0.29) is 5.88 Å². The molecule has 1 N–H and O–H groups in total. The lowest BCUT2D eigenvalue weighted by atomic mass is 10.1. The van der Waals surface area contributed by atoms with Crippen molar-refractivity contribution in [3.05, 3.63) is 46.9 Å². The van der Waals surface area contributed by atoms with E-state index < -0.39 is 16.1 Å². The highest BCUT2D eigenvalue weighted by molar-refractivity contribution is 6.96. The minimum atomic E-state index is -1.59. The molecule has 0 fully saturated rings. The van der Waals surface area contributed by atoms with Crippen LogP contribution in [-0.2, 0) is 6.42 Å². The number of aliphatic hydroxyl groups is 1. The molecule has 5 nitrogen and oxygen atoms in total. The maximum Gasteiger partial charge on any atom is 0.409 e. The van der Waals surface area contributed by atoms with Crippen LogP contribution in [0.25, 0.3) is 4.98 Å². The predicted molar refractivity (Wildman–Crippen MR) is 110 cm³/mol. The van der Waals surface area contributed by atoms with Crippen LogP contribution in [0.3, 0.4) is 0 Å². The van der Waals surface area contributed by atoms with Crippen molar-refractivity contribution in [2.45, 2.75) is 51.0 Å². The summed E-state index contributed by atoms with van der Waals surface area (Å²) in [5, 5.41) is 19.7. The van der Waals surface area contributed by atoms with Gasteiger partial charge in [0.15, 0.2) is 4.98 Å². The first-order valence-corrected chi connectivity index (χ1v) is 15.8. The van der Waals surface area contributed by atoms with Crippen LogP contribution in [0.2, 0.25) is 39.3 Å². The minimum absolute atomic E-state index is 0.0471. The van der Waals surface area contributed by atoms with Gasteiger partial charge in [0.25, 0.3) is 5.88 Å². The largest absolute Gasteiger partial charge is 0.497 e. The molecule has 0 unspecified atom stereocenters. The van der Waals surface area contributed by atoms with E-state index in [1.165, 1.54) is 5.56 Å². The smallest absolute Gasteiger partial charge is 0.409 e. The third-order valence-corrected chi connectivity index (χ3v) is 13.3. The van der Waals surface area contributed by atoms with Gasteiger partial charge in [-0.2, -0.15) is 0 Å². The lowest BCUT2D eigenvalue weighted by Crippen LogP contribution is -2.63. The van der Waals surface area contributed by atoms with Crippen molar-refractivity contribution < 1.29 is 9.84 Å². The third-order valence-electron chi connectivity index (χ3n) is 4.22. The summed E-state index contributed by atoms with van der Waals surface area (Å²) in [6.45, 7) is 14.7. The van der Waals surface area contributed by atoms with Crippen molar-refractivity contribution in [1.82, 2.24) is 4.90 Å². The fraction of sp³-hybridized carbons (Fsp3) is 0.556. The Morgan fingerprint density at radius 1 is 1.16 bits per heavy atom. The van der Waals surface area contributed by atoms with Crippen LogP contribution >= 0.6 is 0 Å². The molecule has 0 amide bonds. The lowest BCUT2D eigenvalue weighted by Gasteiger charge is -2.46. The van der Waals surface area contributed by atoms with Gasteiger partial charge in [-0.05, 0) is 24.1 Å². The zero-order valence-corrected chi connectivity index (χ0v) is 18.6. The molecule has 1 aromatic carbocycles. The van der Waals surface area contributed by atoms with Crippen molar-refractivity contribution in [3.63, 3.8) is 0 Å². The second-order valence-electron chi connectivity index (χ2n) is 8.53. The maximum atomic E-state index is 10.5. The SMILES string of the molecule is COc1ccc(CCN(/C(O)=C/[N+]#N)C([Si](C)(C)C)[Si](C)(C)C)cc1. The van der Waals surface area contributed by atoms with E-state index in [0.29, 0.717) is 11.8 Å². The first-order chi connectivity index (χ1) is 11.5. The Labute approximate surface area is 154 Å². The lowest BCUT2D eigenvalue weighted by molar-refractivity contribution is 0.206. The molecule has 138 valence electrons. The van der Waals surface area contributed by atoms with Crippen molar-refractivity contribution in [2.24, 2.45) is 0 Å². The van der Waals surface area contributed by atoms with E-state index in [9.17, 15) is 5.11 Å². The van der Waals surface area contributed by atoms with Gasteiger partial charge in [-0.3, -0.25) is 0 Å². The Morgan fingerprint density at radius 2 is 1.68 bits per heavy atom. The van der Waals surface area contributed by atoms with Gasteiger partial charge < -0.3 is 14.7 Å². The van der Waals surface area contributed by atoms with Gasteiger partial charge in [-0.1, -0.05) is 51.4 Å². The van der Waals surface area contributed by atoms with Crippen molar-refractivity contribution in [1.29, 1.82) is 5.39 Å². The van der Waals surface area contributed by atoms with Gasteiger partial charge in [-0.25, -0.2) is 0 Å². The quantitative estimate of drug-likeness (QED) is 0.398. The standard InChI is InChI=1S/C18H31N3O2Si2/c1-23-16-10-8-15(9-11-16)12-13-21(17(22)14-20-19)18(24(2,3)4)25(5,6)7/h8-11,14,18H,12-13H2,1-7H3/p+1/b17-14-. The summed E-state index contributed by atoms with van der Waals surface area (Å²) in [5.41, 5.74) is 1.18. The molecular formula is C18H32N3O2Si2+. The molecule has 0 atom stereocenters. The summed E-state index contributed by atoms with van der Waals surface area (Å²) in [6.07, 6.45) is 1.94. The molecule has 0 radical (unpaired) electrons. The molecule has 0 spiro atoms. The van der Waals surface area contributed by atoms with Crippen LogP contribution in [0, 0.1) is 5.39 Å². The van der Waals surface area contributed by atoms with E-state index >= 15 is 0 Å². The highest BCUT2D eigenvalue weighted by Gasteiger charge is 2.43. The molecule has 0 saturated carbocycles. The molecule has 0 saturated heterocycles. The number of methoxy groups -OCH3 is 1. The summed E-state index contributed by atoms with van der Waals surface area (Å²) in [5.74, 6) is 0.885. The number of hydrogen-bond acceptors (Lipinski definition) is 4. The number of benzene rings is 1. The van der Waals surface area contributed by atoms with Gasteiger partial charge in [0.2, 0.25) is 5.39 Å². The predicted octanol–water partition coefficient (Wildman–Crippen LogP) is 4.87. The van der Waals surface area contributed by atoms with E-state index in [2.05, 4.69) is 49.2 Å². The molecule has 0 aliphatic carbocycles. The zero-order valence-electron chi connectivity index (χ0n) is 16.6. The van der Waals surface area contributed by atoms with Crippen molar-refractivity contribution in [3.8, 4) is 5.75 Å². The molecule has 0 aliphatic heterocycles. The van der Waals surface area contributed by atoms with Gasteiger partial charge in [0.05, 0.1) is 23.3 Å². The highest BCUT2D eigenvalue weighted by atomic mass is 28.4. The van der Waals surface area contributed by atoms with Gasteiger partial charge >= 0.3 is 6.20 Å². The average molecular weight is 379 g/mol. The Morgan fingerprint density at radius 3 is 2.08 bits per heavy atom. The number of aliphatic hydroxyl groups excluding tert-OH is 1. The van der Waals surface area contributed by atoms with Gasteiger partial charge in [-0.15, -0.1) is 0 Å². The van der Waals surface area contributed by atoms with E-state index in [0.717, 1.165) is 18.4 Å². The molecule has 1 aromatic rings. The van der Waals surface area contributed by atoms with Crippen molar-refractivity contribution in [2.75, 3.05) is 13.7 Å². The molecule has 0 bridgehead atoms. The average Bonchev–Trinajstić information content (AvgIpc) is 2.49. The van der Waals surface area contributed by atoms with Crippen molar-refractivity contribution >= 4 is 16.1 Å². The number of nitrogens with zero attached hydrogens (tertiary/aromatic N) is 3. The second-order valence-corrected chi connectivity index (χ2v) is 19.7. The second kappa shape index (κ2) is 8.54. The topological polar surface area (TPSA) is 60.9 Å². The normalized spacial score (nSPS) is 12.8. The fourth-order valence-electron chi connectivity index (χ4n) is 3.78. The first kappa shape index (κ1) is 21.3. The van der Waals surface area contributed by atoms with E-state index in [4.69, 9.17) is 10.1 Å². The maximum absolute atomic E-state index is 10.5. The summed E-state index contributed by atoms with van der Waals surface area (Å²) < 4.78 is 5.20. The summed E-state index contributed by atoms with van der Waals surface area (Å²) in [7, 11) is -1.52. The first-order valence-electron chi connectivity index (χ1n) is 8.63. The summed E-state index contributed by atoms with van der Waals surface area (Å²) in [6, 6.07) is 8.00.